The predicted molar refractivity (Wildman–Crippen MR) is 103 cm³/mol. The maximum absolute atomic E-state index is 12.6. The molecule has 1 fully saturated rings. The highest BCUT2D eigenvalue weighted by Crippen LogP contribution is 2.30. The van der Waals surface area contributed by atoms with Gasteiger partial charge in [0.2, 0.25) is 5.91 Å². The first kappa shape index (κ1) is 17.6. The molecule has 2 aromatic carbocycles. The van der Waals surface area contributed by atoms with E-state index in [9.17, 15) is 4.79 Å². The molecular weight excluding hydrogens is 336 g/mol. The Labute approximate surface area is 153 Å². The predicted octanol–water partition coefficient (Wildman–Crippen LogP) is 4.51. The van der Waals surface area contributed by atoms with E-state index in [1.807, 2.05) is 0 Å². The molecule has 0 spiro atoms. The minimum Gasteiger partial charge on any atom is -0.495 e. The van der Waals surface area contributed by atoms with Gasteiger partial charge >= 0.3 is 0 Å². The summed E-state index contributed by atoms with van der Waals surface area (Å²) in [6.07, 6.45) is 1.67. The lowest BCUT2D eigenvalue weighted by atomic mass is 9.95. The molecule has 4 nitrogen and oxygen atoms in total. The molecule has 0 aromatic heterocycles. The average Bonchev–Trinajstić information content (AvgIpc) is 2.63. The maximum Gasteiger partial charge on any atom is 0.227 e. The van der Waals surface area contributed by atoms with Crippen LogP contribution in [0.4, 0.5) is 11.4 Å². The van der Waals surface area contributed by atoms with Gasteiger partial charge in [-0.05, 0) is 50.1 Å². The highest BCUT2D eigenvalue weighted by molar-refractivity contribution is 6.31. The lowest BCUT2D eigenvalue weighted by Gasteiger charge is -2.33. The molecule has 2 aromatic rings. The number of hydrogen-bond acceptors (Lipinski definition) is 3. The molecule has 25 heavy (non-hydrogen) atoms. The van der Waals surface area contributed by atoms with Crippen molar-refractivity contribution in [1.29, 1.82) is 0 Å². The number of piperidine rings is 1. The van der Waals surface area contributed by atoms with Crippen molar-refractivity contribution in [3.05, 3.63) is 53.1 Å². The van der Waals surface area contributed by atoms with Crippen LogP contribution in [0.25, 0.3) is 0 Å². The van der Waals surface area contributed by atoms with Gasteiger partial charge in [-0.1, -0.05) is 29.3 Å². The van der Waals surface area contributed by atoms with Crippen LogP contribution < -0.4 is 15.0 Å². The van der Waals surface area contributed by atoms with Crippen LogP contribution in [0.5, 0.6) is 5.75 Å². The van der Waals surface area contributed by atoms with Crippen molar-refractivity contribution in [1.82, 2.24) is 0 Å². The largest absolute Gasteiger partial charge is 0.495 e. The standard InChI is InChI=1S/C20H23ClN2O2/c1-14-3-6-17(7-4-14)23-11-9-15(10-12-23)20(24)22-18-13-16(21)5-8-19(18)25-2/h3-8,13,15H,9-12H2,1-2H3,(H,22,24). The second-order valence-electron chi connectivity index (χ2n) is 6.43. The molecule has 0 unspecified atom stereocenters. The topological polar surface area (TPSA) is 41.6 Å². The molecular formula is C20H23ClN2O2. The smallest absolute Gasteiger partial charge is 0.227 e. The van der Waals surface area contributed by atoms with Gasteiger partial charge in [0.05, 0.1) is 12.8 Å². The van der Waals surface area contributed by atoms with Crippen LogP contribution in [0, 0.1) is 12.8 Å². The number of methoxy groups -OCH3 is 1. The first-order valence-electron chi connectivity index (χ1n) is 8.53. The fourth-order valence-electron chi connectivity index (χ4n) is 3.17. The van der Waals surface area contributed by atoms with Crippen molar-refractivity contribution >= 4 is 28.9 Å². The molecule has 0 aliphatic carbocycles. The summed E-state index contributed by atoms with van der Waals surface area (Å²) in [5, 5.41) is 3.54. The summed E-state index contributed by atoms with van der Waals surface area (Å²) in [6.45, 7) is 3.85. The number of halogens is 1. The van der Waals surface area contributed by atoms with Crippen molar-refractivity contribution < 1.29 is 9.53 Å². The van der Waals surface area contributed by atoms with Crippen molar-refractivity contribution in [2.45, 2.75) is 19.8 Å². The van der Waals surface area contributed by atoms with Gasteiger partial charge in [-0.2, -0.15) is 0 Å². The number of hydrogen-bond donors (Lipinski definition) is 1. The minimum absolute atomic E-state index is 0.00499. The molecule has 5 heteroatoms. The van der Waals surface area contributed by atoms with Crippen molar-refractivity contribution in [3.63, 3.8) is 0 Å². The van der Waals surface area contributed by atoms with Gasteiger partial charge in [0.25, 0.3) is 0 Å². The highest BCUT2D eigenvalue weighted by Gasteiger charge is 2.25. The molecule has 1 saturated heterocycles. The van der Waals surface area contributed by atoms with Gasteiger partial charge in [0.1, 0.15) is 5.75 Å². The quantitative estimate of drug-likeness (QED) is 0.874. The van der Waals surface area contributed by atoms with Crippen molar-refractivity contribution in [2.75, 3.05) is 30.4 Å². The molecule has 1 amide bonds. The first-order chi connectivity index (χ1) is 12.1. The van der Waals surface area contributed by atoms with E-state index in [4.69, 9.17) is 16.3 Å². The van der Waals surface area contributed by atoms with Crippen LogP contribution in [-0.2, 0) is 4.79 Å². The Morgan fingerprint density at radius 2 is 1.84 bits per heavy atom. The summed E-state index contributed by atoms with van der Waals surface area (Å²) in [5.41, 5.74) is 3.11. The molecule has 132 valence electrons. The summed E-state index contributed by atoms with van der Waals surface area (Å²) in [7, 11) is 1.58. The third-order valence-corrected chi connectivity index (χ3v) is 4.92. The second-order valence-corrected chi connectivity index (χ2v) is 6.87. The Morgan fingerprint density at radius 1 is 1.16 bits per heavy atom. The molecule has 1 aliphatic heterocycles. The summed E-state index contributed by atoms with van der Waals surface area (Å²) < 4.78 is 5.29. The highest BCUT2D eigenvalue weighted by atomic mass is 35.5. The fraction of sp³-hybridized carbons (Fsp3) is 0.350. The minimum atomic E-state index is 0.00499. The van der Waals surface area contributed by atoms with Crippen molar-refractivity contribution in [2.24, 2.45) is 5.92 Å². The van der Waals surface area contributed by atoms with Crippen LogP contribution in [0.15, 0.2) is 42.5 Å². The molecule has 1 heterocycles. The number of nitrogens with one attached hydrogen (secondary N) is 1. The molecule has 0 atom stereocenters. The van der Waals surface area contributed by atoms with Gasteiger partial charge < -0.3 is 15.0 Å². The van der Waals surface area contributed by atoms with Crippen LogP contribution in [0.3, 0.4) is 0 Å². The Kier molecular flexibility index (Phi) is 5.49. The third-order valence-electron chi connectivity index (χ3n) is 4.68. The molecule has 0 radical (unpaired) electrons. The van der Waals surface area contributed by atoms with Gasteiger partial charge in [-0.3, -0.25) is 4.79 Å². The summed E-state index contributed by atoms with van der Waals surface area (Å²) in [5.74, 6) is 0.657. The fourth-order valence-corrected chi connectivity index (χ4v) is 3.34. The van der Waals surface area contributed by atoms with E-state index in [1.165, 1.54) is 11.3 Å². The molecule has 0 bridgehead atoms. The molecule has 1 aliphatic rings. The zero-order chi connectivity index (χ0) is 17.8. The van der Waals surface area contributed by atoms with E-state index in [0.29, 0.717) is 16.5 Å². The Bertz CT molecular complexity index is 738. The zero-order valence-electron chi connectivity index (χ0n) is 14.6. The zero-order valence-corrected chi connectivity index (χ0v) is 15.3. The number of carbonyl (C=O) groups is 1. The van der Waals surface area contributed by atoms with Crippen LogP contribution in [0.2, 0.25) is 5.02 Å². The van der Waals surface area contributed by atoms with E-state index < -0.39 is 0 Å². The number of anilines is 2. The number of carbonyl (C=O) groups excluding carboxylic acids is 1. The Hall–Kier alpha value is -2.20. The van der Waals surface area contributed by atoms with E-state index in [0.717, 1.165) is 25.9 Å². The summed E-state index contributed by atoms with van der Waals surface area (Å²) in [6, 6.07) is 13.8. The number of benzene rings is 2. The molecule has 0 saturated carbocycles. The van der Waals surface area contributed by atoms with Crippen LogP contribution in [0.1, 0.15) is 18.4 Å². The van der Waals surface area contributed by atoms with Crippen LogP contribution >= 0.6 is 11.6 Å². The SMILES string of the molecule is COc1ccc(Cl)cc1NC(=O)C1CCN(c2ccc(C)cc2)CC1. The number of ether oxygens (including phenoxy) is 1. The Balaban J connectivity index is 1.60. The molecule has 1 N–H and O–H groups in total. The van der Waals surface area contributed by atoms with Gasteiger partial charge in [-0.15, -0.1) is 0 Å². The van der Waals surface area contributed by atoms with E-state index in [2.05, 4.69) is 41.4 Å². The number of rotatable bonds is 4. The van der Waals surface area contributed by atoms with E-state index >= 15 is 0 Å². The Morgan fingerprint density at radius 3 is 2.48 bits per heavy atom. The first-order valence-corrected chi connectivity index (χ1v) is 8.90. The lowest BCUT2D eigenvalue weighted by Crippen LogP contribution is -2.38. The van der Waals surface area contributed by atoms with Gasteiger partial charge in [0, 0.05) is 29.7 Å². The summed E-state index contributed by atoms with van der Waals surface area (Å²) in [4.78, 5) is 14.9. The van der Waals surface area contributed by atoms with E-state index in [1.54, 1.807) is 25.3 Å². The maximum atomic E-state index is 12.6. The number of aryl methyl sites for hydroxylation is 1. The summed E-state index contributed by atoms with van der Waals surface area (Å²) >= 11 is 6.03. The van der Waals surface area contributed by atoms with Gasteiger partial charge in [0.15, 0.2) is 0 Å². The molecule has 3 rings (SSSR count). The van der Waals surface area contributed by atoms with E-state index in [-0.39, 0.29) is 11.8 Å². The van der Waals surface area contributed by atoms with Crippen LogP contribution in [-0.4, -0.2) is 26.1 Å². The average molecular weight is 359 g/mol. The normalized spacial score (nSPS) is 15.1. The number of nitrogens with zero attached hydrogens (tertiary/aromatic N) is 1. The number of amides is 1. The van der Waals surface area contributed by atoms with Gasteiger partial charge in [-0.25, -0.2) is 0 Å². The second kappa shape index (κ2) is 7.79. The monoisotopic (exact) mass is 358 g/mol. The van der Waals surface area contributed by atoms with Crippen molar-refractivity contribution in [3.8, 4) is 5.75 Å². The lowest BCUT2D eigenvalue weighted by molar-refractivity contribution is -0.120. The third kappa shape index (κ3) is 4.26.